The molecule has 0 radical (unpaired) electrons. The second kappa shape index (κ2) is 7.59. The SMILES string of the molecule is CCC(CNC(=O)COc1nnc2ccccn12)c1ccccc1. The van der Waals surface area contributed by atoms with E-state index in [-0.39, 0.29) is 12.5 Å². The van der Waals surface area contributed by atoms with E-state index in [9.17, 15) is 4.79 Å². The Labute approximate surface area is 140 Å². The highest BCUT2D eigenvalue weighted by molar-refractivity contribution is 5.77. The molecule has 1 aromatic carbocycles. The highest BCUT2D eigenvalue weighted by atomic mass is 16.5. The molecular formula is C18H20N4O2. The third-order valence-corrected chi connectivity index (χ3v) is 3.92. The lowest BCUT2D eigenvalue weighted by Crippen LogP contribution is -2.32. The van der Waals surface area contributed by atoms with Gasteiger partial charge in [-0.15, -0.1) is 5.10 Å². The average Bonchev–Trinajstić information content (AvgIpc) is 3.04. The predicted octanol–water partition coefficient (Wildman–Crippen LogP) is 2.42. The van der Waals surface area contributed by atoms with Gasteiger partial charge in [0.05, 0.1) is 0 Å². The van der Waals surface area contributed by atoms with Crippen LogP contribution in [0.1, 0.15) is 24.8 Å². The van der Waals surface area contributed by atoms with E-state index in [2.05, 4.69) is 34.6 Å². The standard InChI is InChI=1S/C18H20N4O2/c1-2-14(15-8-4-3-5-9-15)12-19-17(23)13-24-18-21-20-16-10-6-7-11-22(16)18/h3-11,14H,2,12-13H2,1H3,(H,19,23). The Hall–Kier alpha value is -2.89. The fourth-order valence-electron chi connectivity index (χ4n) is 2.56. The maximum atomic E-state index is 12.0. The molecule has 0 spiro atoms. The van der Waals surface area contributed by atoms with Crippen LogP contribution in [0.5, 0.6) is 6.01 Å². The molecule has 24 heavy (non-hydrogen) atoms. The lowest BCUT2D eigenvalue weighted by atomic mass is 9.96. The van der Waals surface area contributed by atoms with Crippen molar-refractivity contribution in [3.63, 3.8) is 0 Å². The normalized spacial score (nSPS) is 12.0. The van der Waals surface area contributed by atoms with Gasteiger partial charge < -0.3 is 10.1 Å². The number of nitrogens with one attached hydrogen (secondary N) is 1. The Bertz CT molecular complexity index is 801. The van der Waals surface area contributed by atoms with E-state index in [1.54, 1.807) is 10.6 Å². The molecule has 1 N–H and O–H groups in total. The summed E-state index contributed by atoms with van der Waals surface area (Å²) in [6, 6.07) is 16.0. The molecule has 0 aliphatic heterocycles. The van der Waals surface area contributed by atoms with E-state index < -0.39 is 0 Å². The molecule has 1 amide bonds. The number of aromatic nitrogens is 3. The summed E-state index contributed by atoms with van der Waals surface area (Å²) < 4.78 is 7.17. The van der Waals surface area contributed by atoms with Crippen LogP contribution in [0.4, 0.5) is 0 Å². The van der Waals surface area contributed by atoms with Crippen LogP contribution in [0.2, 0.25) is 0 Å². The first-order chi connectivity index (χ1) is 11.8. The maximum Gasteiger partial charge on any atom is 0.322 e. The first-order valence-corrected chi connectivity index (χ1v) is 8.02. The minimum absolute atomic E-state index is 0.0824. The molecule has 124 valence electrons. The van der Waals surface area contributed by atoms with Crippen LogP contribution in [0, 0.1) is 0 Å². The van der Waals surface area contributed by atoms with E-state index in [0.717, 1.165) is 6.42 Å². The van der Waals surface area contributed by atoms with Crippen molar-refractivity contribution in [2.24, 2.45) is 0 Å². The Kier molecular flexibility index (Phi) is 5.05. The first-order valence-electron chi connectivity index (χ1n) is 8.02. The average molecular weight is 324 g/mol. The summed E-state index contributed by atoms with van der Waals surface area (Å²) in [4.78, 5) is 12.0. The van der Waals surface area contributed by atoms with Gasteiger partial charge in [-0.3, -0.25) is 9.20 Å². The summed E-state index contributed by atoms with van der Waals surface area (Å²) in [7, 11) is 0. The third-order valence-electron chi connectivity index (χ3n) is 3.92. The number of pyridine rings is 1. The zero-order chi connectivity index (χ0) is 16.8. The van der Waals surface area contributed by atoms with Crippen LogP contribution in [0.25, 0.3) is 5.65 Å². The smallest absolute Gasteiger partial charge is 0.322 e. The largest absolute Gasteiger partial charge is 0.453 e. The maximum absolute atomic E-state index is 12.0. The molecule has 3 rings (SSSR count). The van der Waals surface area contributed by atoms with Crippen molar-refractivity contribution >= 4 is 11.6 Å². The molecule has 1 atom stereocenters. The fraction of sp³-hybridized carbons (Fsp3) is 0.278. The van der Waals surface area contributed by atoms with Gasteiger partial charge >= 0.3 is 6.01 Å². The van der Waals surface area contributed by atoms with Crippen molar-refractivity contribution < 1.29 is 9.53 Å². The van der Waals surface area contributed by atoms with Crippen molar-refractivity contribution in [3.8, 4) is 6.01 Å². The molecule has 2 aromatic heterocycles. The van der Waals surface area contributed by atoms with Crippen LogP contribution in [-0.4, -0.2) is 33.7 Å². The van der Waals surface area contributed by atoms with Gasteiger partial charge in [-0.1, -0.05) is 48.4 Å². The summed E-state index contributed by atoms with van der Waals surface area (Å²) in [6.07, 6.45) is 2.76. The fourth-order valence-corrected chi connectivity index (χ4v) is 2.56. The number of rotatable bonds is 7. The molecule has 0 bridgehead atoms. The molecule has 0 aliphatic rings. The Balaban J connectivity index is 1.52. The summed E-state index contributed by atoms with van der Waals surface area (Å²) >= 11 is 0. The number of benzene rings is 1. The van der Waals surface area contributed by atoms with Crippen LogP contribution in [0.3, 0.4) is 0 Å². The van der Waals surface area contributed by atoms with Crippen molar-refractivity contribution in [3.05, 3.63) is 60.3 Å². The van der Waals surface area contributed by atoms with Gasteiger partial charge in [0.1, 0.15) is 0 Å². The van der Waals surface area contributed by atoms with E-state index in [1.165, 1.54) is 5.56 Å². The number of nitrogens with zero attached hydrogens (tertiary/aromatic N) is 3. The zero-order valence-corrected chi connectivity index (χ0v) is 13.6. The number of carbonyl (C=O) groups is 1. The van der Waals surface area contributed by atoms with Gasteiger partial charge in [-0.05, 0) is 24.1 Å². The summed E-state index contributed by atoms with van der Waals surface area (Å²) in [5.41, 5.74) is 1.91. The summed E-state index contributed by atoms with van der Waals surface area (Å²) in [6.45, 7) is 2.62. The van der Waals surface area contributed by atoms with Crippen LogP contribution < -0.4 is 10.1 Å². The summed E-state index contributed by atoms with van der Waals surface area (Å²) in [5, 5.41) is 10.8. The van der Waals surface area contributed by atoms with E-state index in [1.807, 2.05) is 36.4 Å². The lowest BCUT2D eigenvalue weighted by molar-refractivity contribution is -0.123. The number of ether oxygens (including phenoxy) is 1. The molecule has 1 unspecified atom stereocenters. The van der Waals surface area contributed by atoms with E-state index >= 15 is 0 Å². The molecule has 0 fully saturated rings. The Morgan fingerprint density at radius 1 is 1.17 bits per heavy atom. The highest BCUT2D eigenvalue weighted by Crippen LogP contribution is 2.17. The topological polar surface area (TPSA) is 68.5 Å². The second-order valence-corrected chi connectivity index (χ2v) is 5.52. The Morgan fingerprint density at radius 3 is 2.75 bits per heavy atom. The molecule has 0 saturated heterocycles. The number of hydrogen-bond acceptors (Lipinski definition) is 4. The molecular weight excluding hydrogens is 304 g/mol. The second-order valence-electron chi connectivity index (χ2n) is 5.52. The molecule has 6 heteroatoms. The minimum atomic E-state index is -0.169. The van der Waals surface area contributed by atoms with E-state index in [0.29, 0.717) is 24.1 Å². The monoisotopic (exact) mass is 324 g/mol. The van der Waals surface area contributed by atoms with Gasteiger partial charge in [-0.25, -0.2) is 0 Å². The van der Waals surface area contributed by atoms with Gasteiger partial charge in [-0.2, -0.15) is 0 Å². The van der Waals surface area contributed by atoms with Crippen LogP contribution >= 0.6 is 0 Å². The minimum Gasteiger partial charge on any atom is -0.453 e. The van der Waals surface area contributed by atoms with Crippen LogP contribution in [0.15, 0.2) is 54.7 Å². The number of hydrogen-bond donors (Lipinski definition) is 1. The molecule has 3 aromatic rings. The zero-order valence-electron chi connectivity index (χ0n) is 13.6. The molecule has 0 saturated carbocycles. The van der Waals surface area contributed by atoms with Crippen molar-refractivity contribution in [1.29, 1.82) is 0 Å². The van der Waals surface area contributed by atoms with Gasteiger partial charge in [0.15, 0.2) is 12.3 Å². The number of amides is 1. The lowest BCUT2D eigenvalue weighted by Gasteiger charge is -2.16. The van der Waals surface area contributed by atoms with Gasteiger partial charge in [0.2, 0.25) is 0 Å². The van der Waals surface area contributed by atoms with Gasteiger partial charge in [0.25, 0.3) is 5.91 Å². The third kappa shape index (κ3) is 3.71. The van der Waals surface area contributed by atoms with Crippen molar-refractivity contribution in [2.75, 3.05) is 13.2 Å². The van der Waals surface area contributed by atoms with E-state index in [4.69, 9.17) is 4.74 Å². The first kappa shape index (κ1) is 16.0. The number of carbonyl (C=O) groups excluding carboxylic acids is 1. The summed E-state index contributed by atoms with van der Waals surface area (Å²) in [5.74, 6) is 0.126. The van der Waals surface area contributed by atoms with Crippen molar-refractivity contribution in [1.82, 2.24) is 19.9 Å². The van der Waals surface area contributed by atoms with Crippen LogP contribution in [-0.2, 0) is 4.79 Å². The predicted molar refractivity (Wildman–Crippen MR) is 91.0 cm³/mol. The Morgan fingerprint density at radius 2 is 1.96 bits per heavy atom. The molecule has 2 heterocycles. The molecule has 0 aliphatic carbocycles. The number of fused-ring (bicyclic) bond motifs is 1. The molecule has 6 nitrogen and oxygen atoms in total. The highest BCUT2D eigenvalue weighted by Gasteiger charge is 2.12. The van der Waals surface area contributed by atoms with Gasteiger partial charge in [0, 0.05) is 18.7 Å². The van der Waals surface area contributed by atoms with Crippen molar-refractivity contribution in [2.45, 2.75) is 19.3 Å². The quantitative estimate of drug-likeness (QED) is 0.725.